The zero-order valence-electron chi connectivity index (χ0n) is 20.2. The number of piperidine rings is 1. The molecule has 2 bridgehead atoms. The van der Waals surface area contributed by atoms with E-state index in [-0.39, 0.29) is 24.1 Å². The molecule has 0 aliphatic carbocycles. The normalized spacial score (nSPS) is 19.5. The van der Waals surface area contributed by atoms with Crippen molar-refractivity contribution in [2.24, 2.45) is 0 Å². The van der Waals surface area contributed by atoms with E-state index in [1.54, 1.807) is 18.2 Å². The van der Waals surface area contributed by atoms with Crippen molar-refractivity contribution >= 4 is 28.2 Å². The third-order valence-electron chi connectivity index (χ3n) is 6.91. The van der Waals surface area contributed by atoms with E-state index in [4.69, 9.17) is 11.6 Å². The minimum Gasteiger partial charge on any atom is -0.367 e. The summed E-state index contributed by atoms with van der Waals surface area (Å²) < 4.78 is 1.44. The molecule has 0 unspecified atom stereocenters. The van der Waals surface area contributed by atoms with E-state index in [1.807, 2.05) is 32.0 Å². The van der Waals surface area contributed by atoms with Crippen LogP contribution in [0.15, 0.2) is 47.3 Å². The first-order valence-corrected chi connectivity index (χ1v) is 12.2. The highest BCUT2D eigenvalue weighted by molar-refractivity contribution is 5.85. The number of carbonyl (C=O) groups is 1. The van der Waals surface area contributed by atoms with Gasteiger partial charge in [0.1, 0.15) is 12.4 Å². The molecule has 0 saturated carbocycles. The summed E-state index contributed by atoms with van der Waals surface area (Å²) in [6, 6.07) is 13.3. The number of fused-ring (bicyclic) bond motifs is 5. The highest BCUT2D eigenvalue weighted by atomic mass is 16.2. The lowest BCUT2D eigenvalue weighted by Gasteiger charge is -2.33. The Morgan fingerprint density at radius 2 is 1.94 bits per heavy atom. The van der Waals surface area contributed by atoms with Gasteiger partial charge in [-0.25, -0.2) is 9.83 Å². The van der Waals surface area contributed by atoms with Crippen molar-refractivity contribution in [3.8, 4) is 11.4 Å². The van der Waals surface area contributed by atoms with Crippen molar-refractivity contribution in [3.05, 3.63) is 64.2 Å². The summed E-state index contributed by atoms with van der Waals surface area (Å²) in [5.41, 5.74) is 2.47. The maximum atomic E-state index is 13.8. The van der Waals surface area contributed by atoms with E-state index in [0.29, 0.717) is 34.0 Å². The van der Waals surface area contributed by atoms with Crippen molar-refractivity contribution < 1.29 is 4.79 Å². The first-order chi connectivity index (χ1) is 16.9. The number of amides is 1. The third kappa shape index (κ3) is 4.64. The van der Waals surface area contributed by atoms with Crippen LogP contribution in [-0.2, 0) is 11.3 Å². The Kier molecular flexibility index (Phi) is 6.27. The molecular weight excluding hydrogens is 440 g/mol. The van der Waals surface area contributed by atoms with Gasteiger partial charge in [-0.15, -0.1) is 0 Å². The van der Waals surface area contributed by atoms with Gasteiger partial charge in [-0.2, -0.15) is 0 Å². The van der Waals surface area contributed by atoms with Gasteiger partial charge in [0, 0.05) is 49.5 Å². The molecule has 0 atom stereocenters. The fourth-order valence-electron chi connectivity index (χ4n) is 5.21. The molecule has 6 rings (SSSR count). The molecule has 2 aromatic carbocycles. The van der Waals surface area contributed by atoms with Gasteiger partial charge in [-0.05, 0) is 51.0 Å². The number of hydrogen-bond donors (Lipinski definition) is 1. The average Bonchev–Trinajstić information content (AvgIpc) is 3.19. The zero-order valence-corrected chi connectivity index (χ0v) is 20.2. The lowest BCUT2D eigenvalue weighted by atomic mass is 10.0. The monoisotopic (exact) mass is 470 g/mol. The zero-order chi connectivity index (χ0) is 24.5. The Labute approximate surface area is 205 Å². The number of carbonyl (C=O) groups excluding carboxylic acids is 1. The average molecular weight is 471 g/mol. The van der Waals surface area contributed by atoms with Gasteiger partial charge < -0.3 is 15.1 Å². The number of benzene rings is 2. The molecule has 8 heteroatoms. The molecule has 0 radical (unpaired) electrons. The van der Waals surface area contributed by atoms with Crippen LogP contribution in [0.25, 0.3) is 27.1 Å². The van der Waals surface area contributed by atoms with Crippen LogP contribution in [-0.4, -0.2) is 58.6 Å². The number of nitrogens with zero attached hydrogens (tertiary/aromatic N) is 5. The summed E-state index contributed by atoms with van der Waals surface area (Å²) in [6.07, 6.45) is 2.26. The van der Waals surface area contributed by atoms with Crippen molar-refractivity contribution in [1.82, 2.24) is 19.8 Å². The van der Waals surface area contributed by atoms with Crippen LogP contribution >= 0.6 is 0 Å². The number of nitrogens with one attached hydrogen (secondary N) is 1. The number of hydrogen-bond acceptors (Lipinski definition) is 5. The molecule has 3 saturated heterocycles. The second kappa shape index (κ2) is 9.51. The molecule has 35 heavy (non-hydrogen) atoms. The topological polar surface area (TPSA) is 74.8 Å². The smallest absolute Gasteiger partial charge is 0.262 e. The maximum Gasteiger partial charge on any atom is 0.262 e. The van der Waals surface area contributed by atoms with Crippen LogP contribution in [0.1, 0.15) is 26.7 Å². The van der Waals surface area contributed by atoms with E-state index in [1.165, 1.54) is 4.57 Å². The standard InChI is InChI=1S/C27H30N6O2/c1-18(2)29-25(34)17-33-26(19-5-4-6-20(15-19)28-3)30-24-8-7-22(16-23(24)27(33)35)32-14-13-31-11-9-21(32)10-12-31/h4-8,15-16,18,21H,9-14,17H2,1-2H3,(H,29,34). The fraction of sp³-hybridized carbons (Fsp3) is 0.407. The van der Waals surface area contributed by atoms with Crippen LogP contribution in [0.4, 0.5) is 11.4 Å². The van der Waals surface area contributed by atoms with Gasteiger partial charge in [0.05, 0.1) is 17.5 Å². The lowest BCUT2D eigenvalue weighted by Crippen LogP contribution is -2.38. The minimum absolute atomic E-state index is 0.0406. The summed E-state index contributed by atoms with van der Waals surface area (Å²) in [6.45, 7) is 15.2. The van der Waals surface area contributed by atoms with E-state index in [0.717, 1.165) is 44.7 Å². The van der Waals surface area contributed by atoms with Gasteiger partial charge >= 0.3 is 0 Å². The summed E-state index contributed by atoms with van der Waals surface area (Å²) in [4.78, 5) is 39.8. The molecule has 1 aromatic heterocycles. The Balaban J connectivity index is 1.63. The quantitative estimate of drug-likeness (QED) is 0.579. The van der Waals surface area contributed by atoms with Crippen LogP contribution < -0.4 is 15.8 Å². The van der Waals surface area contributed by atoms with Crippen molar-refractivity contribution in [3.63, 3.8) is 0 Å². The van der Waals surface area contributed by atoms with E-state index >= 15 is 0 Å². The lowest BCUT2D eigenvalue weighted by molar-refractivity contribution is -0.122. The Morgan fingerprint density at radius 3 is 2.69 bits per heavy atom. The summed E-state index contributed by atoms with van der Waals surface area (Å²) >= 11 is 0. The Morgan fingerprint density at radius 1 is 1.14 bits per heavy atom. The van der Waals surface area contributed by atoms with Crippen molar-refractivity contribution in [2.45, 2.75) is 45.3 Å². The first kappa shape index (κ1) is 23.1. The maximum absolute atomic E-state index is 13.8. The second-order valence-corrected chi connectivity index (χ2v) is 9.68. The van der Waals surface area contributed by atoms with Crippen LogP contribution in [0.2, 0.25) is 0 Å². The molecule has 4 heterocycles. The first-order valence-electron chi connectivity index (χ1n) is 12.2. The van der Waals surface area contributed by atoms with Gasteiger partial charge in [0.2, 0.25) is 5.91 Å². The van der Waals surface area contributed by atoms with Gasteiger partial charge in [-0.3, -0.25) is 14.2 Å². The molecule has 3 aliphatic heterocycles. The Hall–Kier alpha value is -3.70. The largest absolute Gasteiger partial charge is 0.367 e. The predicted octanol–water partition coefficient (Wildman–Crippen LogP) is 3.42. The fourth-order valence-corrected chi connectivity index (χ4v) is 5.21. The SMILES string of the molecule is [C-]#[N+]c1cccc(-c2nc3ccc(N4CCN5CCC4CC5)cc3c(=O)n2CC(=O)NC(C)C)c1. The molecule has 3 aliphatic rings. The molecule has 0 spiro atoms. The molecule has 1 amide bonds. The molecule has 1 N–H and O–H groups in total. The summed E-state index contributed by atoms with van der Waals surface area (Å²) in [5, 5.41) is 3.37. The molecule has 3 fully saturated rings. The molecule has 8 nitrogen and oxygen atoms in total. The minimum atomic E-state index is -0.249. The highest BCUT2D eigenvalue weighted by Crippen LogP contribution is 2.29. The number of anilines is 1. The van der Waals surface area contributed by atoms with Crippen LogP contribution in [0.3, 0.4) is 0 Å². The second-order valence-electron chi connectivity index (χ2n) is 9.68. The summed E-state index contributed by atoms with van der Waals surface area (Å²) in [5.74, 6) is 0.140. The van der Waals surface area contributed by atoms with Crippen molar-refractivity contribution in [2.75, 3.05) is 31.1 Å². The van der Waals surface area contributed by atoms with E-state index in [9.17, 15) is 9.59 Å². The third-order valence-corrected chi connectivity index (χ3v) is 6.91. The number of aromatic nitrogens is 2. The van der Waals surface area contributed by atoms with E-state index in [2.05, 4.69) is 26.0 Å². The van der Waals surface area contributed by atoms with Crippen LogP contribution in [0, 0.1) is 6.57 Å². The highest BCUT2D eigenvalue weighted by Gasteiger charge is 2.29. The summed E-state index contributed by atoms with van der Waals surface area (Å²) in [7, 11) is 0. The van der Waals surface area contributed by atoms with Gasteiger partial charge in [0.15, 0.2) is 5.69 Å². The molecular formula is C27H30N6O2. The molecule has 3 aromatic rings. The van der Waals surface area contributed by atoms with Gasteiger partial charge in [0.25, 0.3) is 5.56 Å². The van der Waals surface area contributed by atoms with Gasteiger partial charge in [-0.1, -0.05) is 18.2 Å². The molecule has 180 valence electrons. The Bertz CT molecular complexity index is 1360. The predicted molar refractivity (Wildman–Crippen MR) is 138 cm³/mol. The number of rotatable bonds is 5. The van der Waals surface area contributed by atoms with Crippen molar-refractivity contribution in [1.29, 1.82) is 0 Å². The van der Waals surface area contributed by atoms with E-state index < -0.39 is 0 Å². The van der Waals surface area contributed by atoms with Crippen LogP contribution in [0.5, 0.6) is 0 Å².